The maximum atomic E-state index is 12.3. The van der Waals surface area contributed by atoms with Gasteiger partial charge in [-0.3, -0.25) is 4.79 Å². The molecule has 1 aromatic carbocycles. The summed E-state index contributed by atoms with van der Waals surface area (Å²) < 4.78 is 6.75. The van der Waals surface area contributed by atoms with Crippen molar-refractivity contribution in [3.05, 3.63) is 66.1 Å². The number of aromatic nitrogens is 2. The summed E-state index contributed by atoms with van der Waals surface area (Å²) in [4.78, 5) is 21.1. The van der Waals surface area contributed by atoms with Crippen LogP contribution in [0.2, 0.25) is 0 Å². The van der Waals surface area contributed by atoms with E-state index < -0.39 is 0 Å². The highest BCUT2D eigenvalue weighted by molar-refractivity contribution is 7.21. The van der Waals surface area contributed by atoms with Gasteiger partial charge < -0.3 is 9.73 Å². The number of fused-ring (bicyclic) bond motifs is 1. The predicted molar refractivity (Wildman–Crippen MR) is 94.2 cm³/mol. The van der Waals surface area contributed by atoms with E-state index in [4.69, 9.17) is 4.42 Å². The number of benzene rings is 1. The number of thiazole rings is 1. The molecule has 0 saturated heterocycles. The van der Waals surface area contributed by atoms with Gasteiger partial charge in [0.05, 0.1) is 10.2 Å². The van der Waals surface area contributed by atoms with Crippen molar-refractivity contribution < 1.29 is 9.21 Å². The first-order valence-electron chi connectivity index (χ1n) is 7.40. The lowest BCUT2D eigenvalue weighted by Crippen LogP contribution is -2.12. The first kappa shape index (κ1) is 14.6. The number of hydrogen-bond acceptors (Lipinski definition) is 5. The molecule has 0 saturated carbocycles. The van der Waals surface area contributed by atoms with Gasteiger partial charge in [-0.05, 0) is 43.3 Å². The minimum Gasteiger partial charge on any atom is -0.448 e. The van der Waals surface area contributed by atoms with E-state index in [1.165, 1.54) is 11.3 Å². The maximum Gasteiger partial charge on any atom is 0.292 e. The first-order valence-corrected chi connectivity index (χ1v) is 8.21. The molecule has 3 aromatic heterocycles. The number of para-hydroxylation sites is 1. The summed E-state index contributed by atoms with van der Waals surface area (Å²) in [7, 11) is 0. The van der Waals surface area contributed by atoms with Crippen LogP contribution in [0.1, 0.15) is 16.2 Å². The van der Waals surface area contributed by atoms with Gasteiger partial charge in [0.15, 0.2) is 16.5 Å². The van der Waals surface area contributed by atoms with Crippen LogP contribution in [0.15, 0.2) is 59.0 Å². The summed E-state index contributed by atoms with van der Waals surface area (Å²) in [5.74, 6) is 0.976. The molecule has 0 aliphatic carbocycles. The zero-order valence-electron chi connectivity index (χ0n) is 12.8. The molecule has 4 aromatic rings. The summed E-state index contributed by atoms with van der Waals surface area (Å²) in [5, 5.41) is 3.48. The molecule has 5 nitrogen and oxygen atoms in total. The Hall–Kier alpha value is -2.99. The third-order valence-corrected chi connectivity index (χ3v) is 4.52. The second-order valence-electron chi connectivity index (χ2n) is 5.27. The van der Waals surface area contributed by atoms with Gasteiger partial charge in [-0.25, -0.2) is 9.97 Å². The van der Waals surface area contributed by atoms with Gasteiger partial charge in [-0.15, -0.1) is 11.3 Å². The molecule has 0 radical (unpaired) electrons. The Morgan fingerprint density at radius 2 is 1.92 bits per heavy atom. The molecular weight excluding hydrogens is 322 g/mol. The quantitative estimate of drug-likeness (QED) is 0.598. The number of rotatable bonds is 3. The number of carbonyl (C=O) groups is 1. The largest absolute Gasteiger partial charge is 0.448 e. The van der Waals surface area contributed by atoms with Crippen molar-refractivity contribution >= 4 is 33.3 Å². The van der Waals surface area contributed by atoms with Gasteiger partial charge in [-0.1, -0.05) is 18.2 Å². The fraction of sp³-hybridized carbons (Fsp3) is 0.0556. The summed E-state index contributed by atoms with van der Waals surface area (Å²) in [6.45, 7) is 1.87. The molecule has 1 amide bonds. The Kier molecular flexibility index (Phi) is 3.59. The van der Waals surface area contributed by atoms with Crippen molar-refractivity contribution in [2.24, 2.45) is 0 Å². The van der Waals surface area contributed by atoms with Crippen LogP contribution in [-0.2, 0) is 0 Å². The lowest BCUT2D eigenvalue weighted by Gasteiger charge is -2.02. The van der Waals surface area contributed by atoms with Gasteiger partial charge in [0.2, 0.25) is 0 Å². The van der Waals surface area contributed by atoms with E-state index >= 15 is 0 Å². The Labute approximate surface area is 142 Å². The van der Waals surface area contributed by atoms with Crippen LogP contribution in [0.4, 0.5) is 5.82 Å². The minimum absolute atomic E-state index is 0.229. The summed E-state index contributed by atoms with van der Waals surface area (Å²) in [5.41, 5.74) is 1.76. The monoisotopic (exact) mass is 335 g/mol. The Bertz CT molecular complexity index is 1000. The fourth-order valence-corrected chi connectivity index (χ4v) is 3.27. The van der Waals surface area contributed by atoms with E-state index in [2.05, 4.69) is 15.3 Å². The highest BCUT2D eigenvalue weighted by atomic mass is 32.1. The van der Waals surface area contributed by atoms with Crippen LogP contribution in [0.3, 0.4) is 0 Å². The number of carbonyl (C=O) groups excluding carboxylic acids is 1. The molecule has 6 heteroatoms. The number of nitrogens with one attached hydrogen (secondary N) is 1. The van der Waals surface area contributed by atoms with E-state index in [1.54, 1.807) is 18.2 Å². The van der Waals surface area contributed by atoms with E-state index in [9.17, 15) is 4.79 Å². The van der Waals surface area contributed by atoms with Crippen LogP contribution in [0.25, 0.3) is 21.0 Å². The number of furan rings is 1. The van der Waals surface area contributed by atoms with E-state index in [-0.39, 0.29) is 11.7 Å². The van der Waals surface area contributed by atoms with Gasteiger partial charge >= 0.3 is 0 Å². The maximum absolute atomic E-state index is 12.3. The highest BCUT2D eigenvalue weighted by Gasteiger charge is 2.15. The van der Waals surface area contributed by atoms with Crippen molar-refractivity contribution in [1.29, 1.82) is 0 Å². The van der Waals surface area contributed by atoms with Crippen molar-refractivity contribution in [2.45, 2.75) is 6.92 Å². The Morgan fingerprint density at radius 3 is 2.75 bits per heavy atom. The van der Waals surface area contributed by atoms with Crippen molar-refractivity contribution in [3.8, 4) is 10.8 Å². The third-order valence-electron chi connectivity index (χ3n) is 3.46. The molecule has 0 aliphatic rings. The molecule has 0 aliphatic heterocycles. The molecule has 0 spiro atoms. The van der Waals surface area contributed by atoms with Gasteiger partial charge in [0, 0.05) is 5.69 Å². The number of hydrogen-bond donors (Lipinski definition) is 1. The normalized spacial score (nSPS) is 10.9. The van der Waals surface area contributed by atoms with E-state index in [0.717, 1.165) is 20.9 Å². The molecule has 118 valence electrons. The number of pyridine rings is 1. The van der Waals surface area contributed by atoms with Crippen molar-refractivity contribution in [1.82, 2.24) is 9.97 Å². The predicted octanol–water partition coefficient (Wildman–Crippen LogP) is 4.51. The molecule has 3 heterocycles. The lowest BCUT2D eigenvalue weighted by molar-refractivity contribution is 0.0997. The molecule has 1 N–H and O–H groups in total. The van der Waals surface area contributed by atoms with Crippen LogP contribution < -0.4 is 5.32 Å². The second kappa shape index (κ2) is 5.90. The van der Waals surface area contributed by atoms with Crippen LogP contribution >= 0.6 is 11.3 Å². The Morgan fingerprint density at radius 1 is 1.04 bits per heavy atom. The SMILES string of the molecule is Cc1cccc(NC(=O)c2ccc(-c3nc4ccccc4s3)o2)n1. The van der Waals surface area contributed by atoms with Crippen LogP contribution in [0.5, 0.6) is 0 Å². The van der Waals surface area contributed by atoms with Crippen LogP contribution in [0, 0.1) is 6.92 Å². The minimum atomic E-state index is -0.333. The molecule has 0 fully saturated rings. The van der Waals surface area contributed by atoms with Gasteiger partial charge in [-0.2, -0.15) is 0 Å². The third kappa shape index (κ3) is 2.79. The topological polar surface area (TPSA) is 68.0 Å². The number of anilines is 1. The van der Waals surface area contributed by atoms with Gasteiger partial charge in [0.1, 0.15) is 5.82 Å². The average molecular weight is 335 g/mol. The van der Waals surface area contributed by atoms with E-state index in [1.807, 2.05) is 43.3 Å². The molecular formula is C18H13N3O2S. The highest BCUT2D eigenvalue weighted by Crippen LogP contribution is 2.31. The molecule has 4 rings (SSSR count). The second-order valence-corrected chi connectivity index (χ2v) is 6.30. The molecule has 0 bridgehead atoms. The number of nitrogens with zero attached hydrogens (tertiary/aromatic N) is 2. The summed E-state index contributed by atoms with van der Waals surface area (Å²) in [6.07, 6.45) is 0. The molecule has 0 unspecified atom stereocenters. The number of aryl methyl sites for hydroxylation is 1. The van der Waals surface area contributed by atoms with Gasteiger partial charge in [0.25, 0.3) is 5.91 Å². The fourth-order valence-electron chi connectivity index (χ4n) is 2.34. The molecule has 0 atom stereocenters. The van der Waals surface area contributed by atoms with Crippen molar-refractivity contribution in [2.75, 3.05) is 5.32 Å². The van der Waals surface area contributed by atoms with Crippen LogP contribution in [-0.4, -0.2) is 15.9 Å². The average Bonchev–Trinajstić information content (AvgIpc) is 3.21. The standard InChI is InChI=1S/C18H13N3O2S/c1-11-5-4-8-16(19-11)21-17(22)13-9-10-14(23-13)18-20-12-6-2-3-7-15(12)24-18/h2-10H,1H3,(H,19,21,22). The first-order chi connectivity index (χ1) is 11.7. The number of amides is 1. The lowest BCUT2D eigenvalue weighted by atomic mass is 10.3. The van der Waals surface area contributed by atoms with E-state index in [0.29, 0.717) is 11.6 Å². The summed E-state index contributed by atoms with van der Waals surface area (Å²) in [6, 6.07) is 16.7. The zero-order chi connectivity index (χ0) is 16.5. The zero-order valence-corrected chi connectivity index (χ0v) is 13.6. The molecule has 24 heavy (non-hydrogen) atoms. The Balaban J connectivity index is 1.58. The van der Waals surface area contributed by atoms with Crippen molar-refractivity contribution in [3.63, 3.8) is 0 Å². The summed E-state index contributed by atoms with van der Waals surface area (Å²) >= 11 is 1.53. The smallest absolute Gasteiger partial charge is 0.292 e.